The van der Waals surface area contributed by atoms with Gasteiger partial charge in [0.25, 0.3) is 0 Å². The van der Waals surface area contributed by atoms with Crippen molar-refractivity contribution in [1.29, 1.82) is 0 Å². The average Bonchev–Trinajstić information content (AvgIpc) is 2.24. The first-order valence-electron chi connectivity index (χ1n) is 5.30. The third kappa shape index (κ3) is 9.46. The van der Waals surface area contributed by atoms with Gasteiger partial charge in [-0.25, -0.2) is 0 Å². The summed E-state index contributed by atoms with van der Waals surface area (Å²) in [5, 5.41) is 1.51. The Morgan fingerprint density at radius 3 is 2.50 bits per heavy atom. The molecule has 0 heterocycles. The third-order valence-corrected chi connectivity index (χ3v) is 3.31. The number of hydroxylamine groups is 2. The van der Waals surface area contributed by atoms with Crippen molar-refractivity contribution in [3.05, 3.63) is 0 Å². The summed E-state index contributed by atoms with van der Waals surface area (Å²) in [4.78, 5) is 15.1. The van der Waals surface area contributed by atoms with E-state index in [1.165, 1.54) is 5.06 Å². The van der Waals surface area contributed by atoms with Gasteiger partial charge in [-0.05, 0) is 25.1 Å². The van der Waals surface area contributed by atoms with E-state index in [0.29, 0.717) is 17.3 Å². The van der Waals surface area contributed by atoms with E-state index in [0.717, 1.165) is 31.4 Å². The number of thioether (sulfide) groups is 1. The minimum atomic E-state index is 0. The summed E-state index contributed by atoms with van der Waals surface area (Å²) < 4.78 is 0.656. The smallest absolute Gasteiger partial charge is 0.320 e. The van der Waals surface area contributed by atoms with Crippen LogP contribution < -0.4 is 0 Å². The number of rotatable bonds is 8. The van der Waals surface area contributed by atoms with E-state index < -0.39 is 0 Å². The van der Waals surface area contributed by atoms with Gasteiger partial charge in [-0.15, -0.1) is 0 Å². The summed E-state index contributed by atoms with van der Waals surface area (Å²) in [5.41, 5.74) is 0. The monoisotopic (exact) mass is 312 g/mol. The fourth-order valence-electron chi connectivity index (χ4n) is 0.917. The van der Waals surface area contributed by atoms with Gasteiger partial charge in [-0.2, -0.15) is 5.06 Å². The van der Waals surface area contributed by atoms with Gasteiger partial charge in [0.05, 0.1) is 6.54 Å². The molecule has 0 aromatic heterocycles. The minimum absolute atomic E-state index is 0. The van der Waals surface area contributed by atoms with Gasteiger partial charge in [0.1, 0.15) is 0 Å². The maximum atomic E-state index is 10.3. The van der Waals surface area contributed by atoms with Crippen molar-refractivity contribution >= 4 is 34.8 Å². The zero-order valence-electron chi connectivity index (χ0n) is 9.70. The zero-order chi connectivity index (χ0) is 11.5. The molecule has 0 fully saturated rings. The molecule has 99 valence electrons. The molecule has 0 saturated heterocycles. The summed E-state index contributed by atoms with van der Waals surface area (Å²) in [6.45, 7) is 5.35. The number of unbranched alkanes of at least 4 members (excludes halogenated alkanes) is 2. The van der Waals surface area contributed by atoms with Crippen molar-refractivity contribution < 1.29 is 26.7 Å². The topological polar surface area (TPSA) is 29.5 Å². The molecule has 0 bridgehead atoms. The summed E-state index contributed by atoms with van der Waals surface area (Å²) in [6, 6.07) is 0. The first-order valence-corrected chi connectivity index (χ1v) is 6.70. The van der Waals surface area contributed by atoms with Crippen LogP contribution in [0, 0.1) is 0 Å². The number of carbonyl (C=O) groups is 1. The Balaban J connectivity index is 0. The second kappa shape index (κ2) is 13.3. The van der Waals surface area contributed by atoms with Gasteiger partial charge in [-0.3, -0.25) is 4.79 Å². The molecule has 0 aromatic carbocycles. The first kappa shape index (κ1) is 18.6. The van der Waals surface area contributed by atoms with Crippen molar-refractivity contribution in [2.75, 3.05) is 12.3 Å². The van der Waals surface area contributed by atoms with Gasteiger partial charge >= 0.3 is 6.47 Å². The van der Waals surface area contributed by atoms with Gasteiger partial charge < -0.3 is 4.84 Å². The Hall–Kier alpha value is 0.229. The molecule has 0 N–H and O–H groups in total. The summed E-state index contributed by atoms with van der Waals surface area (Å²) >= 11 is 6.75. The molecule has 0 amide bonds. The van der Waals surface area contributed by atoms with Crippen molar-refractivity contribution in [2.24, 2.45) is 0 Å². The molecular formula is C10H19CuNO2S2. The van der Waals surface area contributed by atoms with Crippen molar-refractivity contribution in [3.8, 4) is 0 Å². The number of hydrogen-bond acceptors (Lipinski definition) is 4. The third-order valence-electron chi connectivity index (χ3n) is 1.81. The summed E-state index contributed by atoms with van der Waals surface area (Å²) in [7, 11) is 0. The van der Waals surface area contributed by atoms with E-state index in [1.54, 1.807) is 11.8 Å². The maximum absolute atomic E-state index is 10.3. The molecule has 0 spiro atoms. The van der Waals surface area contributed by atoms with Gasteiger partial charge in [0, 0.05) is 22.8 Å². The number of carbonyl (C=O) groups excluding carboxylic acids is 1. The molecule has 0 unspecified atom stereocenters. The largest absolute Gasteiger partial charge is 0.343 e. The van der Waals surface area contributed by atoms with E-state index in [9.17, 15) is 4.79 Å². The predicted octanol–water partition coefficient (Wildman–Crippen LogP) is 2.99. The van der Waals surface area contributed by atoms with Crippen LogP contribution in [0.1, 0.15) is 39.5 Å². The fourth-order valence-corrected chi connectivity index (χ4v) is 2.19. The minimum Gasteiger partial charge on any atom is -0.343 e. The molecule has 0 aromatic rings. The van der Waals surface area contributed by atoms with E-state index in [2.05, 4.69) is 13.8 Å². The normalized spacial score (nSPS) is 9.12. The van der Waals surface area contributed by atoms with Crippen LogP contribution in [0.25, 0.3) is 0 Å². The Morgan fingerprint density at radius 1 is 1.38 bits per heavy atom. The van der Waals surface area contributed by atoms with Crippen LogP contribution >= 0.6 is 24.0 Å². The molecule has 16 heavy (non-hydrogen) atoms. The molecule has 0 aliphatic heterocycles. The first-order chi connectivity index (χ1) is 7.26. The second-order valence-corrected chi connectivity index (χ2v) is 4.85. The van der Waals surface area contributed by atoms with E-state index in [-0.39, 0.29) is 17.1 Å². The van der Waals surface area contributed by atoms with Gasteiger partial charge in [-0.1, -0.05) is 38.5 Å². The molecule has 6 heteroatoms. The van der Waals surface area contributed by atoms with Crippen LogP contribution in [0.15, 0.2) is 0 Å². The molecular weight excluding hydrogens is 294 g/mol. The Kier molecular flexibility index (Phi) is 15.4. The van der Waals surface area contributed by atoms with Crippen molar-refractivity contribution in [3.63, 3.8) is 0 Å². The van der Waals surface area contributed by atoms with Crippen LogP contribution in [0.3, 0.4) is 0 Å². The standard InChI is InChI=1S/C10H19NO2S2.Cu/c1-3-5-7-11(13-9-12)10(14)15-8-6-4-2;/h9H,3-8H2,1-2H3;. The molecule has 3 nitrogen and oxygen atoms in total. The van der Waals surface area contributed by atoms with Crippen molar-refractivity contribution in [2.45, 2.75) is 39.5 Å². The van der Waals surface area contributed by atoms with Crippen LogP contribution in [0.4, 0.5) is 0 Å². The van der Waals surface area contributed by atoms with Crippen LogP contribution in [0.5, 0.6) is 0 Å². The van der Waals surface area contributed by atoms with E-state index in [1.807, 2.05) is 0 Å². The molecule has 0 saturated carbocycles. The van der Waals surface area contributed by atoms with Crippen molar-refractivity contribution in [1.82, 2.24) is 5.06 Å². The fraction of sp³-hybridized carbons (Fsp3) is 0.800. The van der Waals surface area contributed by atoms with E-state index in [4.69, 9.17) is 17.1 Å². The predicted molar refractivity (Wildman–Crippen MR) is 68.7 cm³/mol. The Morgan fingerprint density at radius 2 is 2.00 bits per heavy atom. The quantitative estimate of drug-likeness (QED) is 0.226. The SMILES string of the molecule is CCCCSC(=S)N(CCCC)OC=O.[Cu]. The molecule has 0 aliphatic carbocycles. The molecule has 0 aliphatic rings. The average molecular weight is 313 g/mol. The second-order valence-electron chi connectivity index (χ2n) is 3.13. The Bertz CT molecular complexity index is 194. The maximum Gasteiger partial charge on any atom is 0.320 e. The number of nitrogens with zero attached hydrogens (tertiary/aromatic N) is 1. The van der Waals surface area contributed by atoms with Crippen LogP contribution in [0.2, 0.25) is 0 Å². The molecule has 1 radical (unpaired) electrons. The molecule has 0 atom stereocenters. The Labute approximate surface area is 118 Å². The summed E-state index contributed by atoms with van der Waals surface area (Å²) in [6.07, 6.45) is 4.32. The van der Waals surface area contributed by atoms with Crippen LogP contribution in [-0.4, -0.2) is 28.2 Å². The van der Waals surface area contributed by atoms with Gasteiger partial charge in [0.2, 0.25) is 0 Å². The summed E-state index contributed by atoms with van der Waals surface area (Å²) in [5.74, 6) is 0.986. The number of thiocarbonyl (C=S) groups is 1. The van der Waals surface area contributed by atoms with Crippen LogP contribution in [-0.2, 0) is 26.7 Å². The van der Waals surface area contributed by atoms with E-state index >= 15 is 0 Å². The molecule has 0 rings (SSSR count). The van der Waals surface area contributed by atoms with Gasteiger partial charge in [0.15, 0.2) is 4.32 Å². The zero-order valence-corrected chi connectivity index (χ0v) is 12.3. The number of hydrogen-bond donors (Lipinski definition) is 0.